The van der Waals surface area contributed by atoms with Crippen LogP contribution in [0.3, 0.4) is 0 Å². The molecule has 1 aromatic carbocycles. The van der Waals surface area contributed by atoms with Gasteiger partial charge in [0.05, 0.1) is 18.2 Å². The molecule has 8 nitrogen and oxygen atoms in total. The molecule has 1 aliphatic heterocycles. The van der Waals surface area contributed by atoms with E-state index in [2.05, 4.69) is 10.2 Å². The maximum absolute atomic E-state index is 12.6. The van der Waals surface area contributed by atoms with E-state index in [1.807, 2.05) is 31.2 Å². The monoisotopic (exact) mass is 384 g/mol. The van der Waals surface area contributed by atoms with Gasteiger partial charge in [-0.2, -0.15) is 5.10 Å². The molecule has 2 heterocycles. The molecule has 0 aliphatic carbocycles. The van der Waals surface area contributed by atoms with Crippen molar-refractivity contribution < 1.29 is 19.5 Å². The first kappa shape index (κ1) is 19.6. The number of carboxylic acid groups (broad SMARTS) is 1. The number of aryl methyl sites for hydroxylation is 1. The number of carboxylic acids is 1. The van der Waals surface area contributed by atoms with Crippen LogP contribution in [0.1, 0.15) is 28.9 Å². The maximum atomic E-state index is 12.6. The number of carbonyl (C=O) groups excluding carboxylic acids is 2. The molecule has 148 valence electrons. The fourth-order valence-corrected chi connectivity index (χ4v) is 3.26. The van der Waals surface area contributed by atoms with E-state index in [-0.39, 0.29) is 18.4 Å². The molecule has 0 unspecified atom stereocenters. The number of piperidine rings is 1. The Hall–Kier alpha value is -3.16. The Kier molecular flexibility index (Phi) is 5.77. The number of carbonyl (C=O) groups is 3. The number of benzene rings is 1. The van der Waals surface area contributed by atoms with Crippen molar-refractivity contribution in [3.05, 3.63) is 41.6 Å². The minimum atomic E-state index is -0.817. The van der Waals surface area contributed by atoms with Crippen molar-refractivity contribution >= 4 is 17.8 Å². The first-order valence-corrected chi connectivity index (χ1v) is 9.23. The van der Waals surface area contributed by atoms with Crippen LogP contribution in [0.25, 0.3) is 11.3 Å². The van der Waals surface area contributed by atoms with Crippen LogP contribution >= 0.6 is 0 Å². The third kappa shape index (κ3) is 4.39. The zero-order chi connectivity index (χ0) is 20.3. The lowest BCUT2D eigenvalue weighted by atomic mass is 9.97. The van der Waals surface area contributed by atoms with Gasteiger partial charge in [0.15, 0.2) is 0 Å². The van der Waals surface area contributed by atoms with Gasteiger partial charge in [-0.1, -0.05) is 29.8 Å². The van der Waals surface area contributed by atoms with Gasteiger partial charge in [0, 0.05) is 25.7 Å². The summed E-state index contributed by atoms with van der Waals surface area (Å²) in [6.45, 7) is 2.74. The molecule has 28 heavy (non-hydrogen) atoms. The van der Waals surface area contributed by atoms with Gasteiger partial charge in [-0.05, 0) is 25.8 Å². The number of rotatable bonds is 5. The highest BCUT2D eigenvalue weighted by Crippen LogP contribution is 2.19. The Bertz CT molecular complexity index is 867. The number of likely N-dealkylation sites (tertiary alicyclic amines) is 1. The summed E-state index contributed by atoms with van der Waals surface area (Å²) < 4.78 is 0. The van der Waals surface area contributed by atoms with Gasteiger partial charge in [0.25, 0.3) is 5.91 Å². The lowest BCUT2D eigenvalue weighted by molar-refractivity contribution is -0.145. The third-order valence-corrected chi connectivity index (χ3v) is 5.07. The molecule has 0 bridgehead atoms. The summed E-state index contributed by atoms with van der Waals surface area (Å²) in [5, 5.41) is 16.0. The molecule has 8 heteroatoms. The SMILES string of the molecule is Cc1ccc(-c2cc(C(=O)N(C)CC(=O)N3CCC(C(=O)O)CC3)[nH]n2)cc1. The maximum Gasteiger partial charge on any atom is 0.306 e. The fourth-order valence-electron chi connectivity index (χ4n) is 3.26. The van der Waals surface area contributed by atoms with Crippen molar-refractivity contribution in [2.24, 2.45) is 5.92 Å². The van der Waals surface area contributed by atoms with E-state index in [0.29, 0.717) is 37.3 Å². The second-order valence-corrected chi connectivity index (χ2v) is 7.19. The molecule has 2 amide bonds. The van der Waals surface area contributed by atoms with E-state index >= 15 is 0 Å². The Balaban J connectivity index is 1.58. The van der Waals surface area contributed by atoms with Crippen molar-refractivity contribution in [1.29, 1.82) is 0 Å². The second kappa shape index (κ2) is 8.24. The lowest BCUT2D eigenvalue weighted by Crippen LogP contribution is -2.45. The first-order valence-electron chi connectivity index (χ1n) is 9.23. The smallest absolute Gasteiger partial charge is 0.306 e. The molecular formula is C20H24N4O4. The molecule has 0 saturated carbocycles. The summed E-state index contributed by atoms with van der Waals surface area (Å²) in [6, 6.07) is 9.50. The summed E-state index contributed by atoms with van der Waals surface area (Å²) in [5.74, 6) is -1.71. The third-order valence-electron chi connectivity index (χ3n) is 5.07. The standard InChI is InChI=1S/C20H24N4O4/c1-13-3-5-14(6-4-13)16-11-17(22-21-16)19(26)23(2)12-18(25)24-9-7-15(8-10-24)20(27)28/h3-6,11,15H,7-10,12H2,1-2H3,(H,21,22)(H,27,28). The van der Waals surface area contributed by atoms with E-state index in [9.17, 15) is 14.4 Å². The number of aliphatic carboxylic acids is 1. The normalized spacial score (nSPS) is 14.7. The number of H-pyrrole nitrogens is 1. The average molecular weight is 384 g/mol. The van der Waals surface area contributed by atoms with Gasteiger partial charge < -0.3 is 14.9 Å². The number of nitrogens with zero attached hydrogens (tertiary/aromatic N) is 3. The van der Waals surface area contributed by atoms with Crippen LogP contribution in [0.15, 0.2) is 30.3 Å². The lowest BCUT2D eigenvalue weighted by Gasteiger charge is -2.31. The number of aromatic amines is 1. The number of amides is 2. The van der Waals surface area contributed by atoms with Gasteiger partial charge >= 0.3 is 5.97 Å². The highest BCUT2D eigenvalue weighted by atomic mass is 16.4. The van der Waals surface area contributed by atoms with E-state index in [4.69, 9.17) is 5.11 Å². The van der Waals surface area contributed by atoms with Crippen LogP contribution < -0.4 is 0 Å². The van der Waals surface area contributed by atoms with Gasteiger partial charge in [0.1, 0.15) is 5.69 Å². The average Bonchev–Trinajstić information content (AvgIpc) is 3.18. The highest BCUT2D eigenvalue weighted by Gasteiger charge is 2.28. The van der Waals surface area contributed by atoms with Crippen LogP contribution in [-0.4, -0.2) is 69.6 Å². The fraction of sp³-hybridized carbons (Fsp3) is 0.400. The van der Waals surface area contributed by atoms with Crippen molar-refractivity contribution in [2.45, 2.75) is 19.8 Å². The van der Waals surface area contributed by atoms with E-state index < -0.39 is 11.9 Å². The van der Waals surface area contributed by atoms with Crippen LogP contribution in [0.4, 0.5) is 0 Å². The van der Waals surface area contributed by atoms with Crippen molar-refractivity contribution in [3.63, 3.8) is 0 Å². The molecule has 3 rings (SSSR count). The predicted octanol–water partition coefficient (Wildman–Crippen LogP) is 1.78. The van der Waals surface area contributed by atoms with E-state index in [1.165, 1.54) is 4.90 Å². The molecule has 1 fully saturated rings. The molecule has 2 aromatic rings. The van der Waals surface area contributed by atoms with Gasteiger partial charge in [-0.15, -0.1) is 0 Å². The summed E-state index contributed by atoms with van der Waals surface area (Å²) in [6.07, 6.45) is 0.887. The molecular weight excluding hydrogens is 360 g/mol. The number of aromatic nitrogens is 2. The van der Waals surface area contributed by atoms with E-state index in [0.717, 1.165) is 11.1 Å². The number of hydrogen-bond donors (Lipinski definition) is 2. The summed E-state index contributed by atoms with van der Waals surface area (Å²) in [4.78, 5) is 39.0. The number of likely N-dealkylation sites (N-methyl/N-ethyl adjacent to an activating group) is 1. The largest absolute Gasteiger partial charge is 0.481 e. The number of nitrogens with one attached hydrogen (secondary N) is 1. The summed E-state index contributed by atoms with van der Waals surface area (Å²) >= 11 is 0. The zero-order valence-electron chi connectivity index (χ0n) is 16.0. The van der Waals surface area contributed by atoms with Gasteiger partial charge in [0.2, 0.25) is 5.91 Å². The Morgan fingerprint density at radius 3 is 2.46 bits per heavy atom. The van der Waals surface area contributed by atoms with Crippen molar-refractivity contribution in [3.8, 4) is 11.3 Å². The first-order chi connectivity index (χ1) is 13.3. The molecule has 2 N–H and O–H groups in total. The van der Waals surface area contributed by atoms with Crippen LogP contribution in [0.2, 0.25) is 0 Å². The predicted molar refractivity (Wildman–Crippen MR) is 103 cm³/mol. The van der Waals surface area contributed by atoms with Gasteiger partial charge in [-0.3, -0.25) is 19.5 Å². The topological polar surface area (TPSA) is 107 Å². The minimum Gasteiger partial charge on any atom is -0.481 e. The summed E-state index contributed by atoms with van der Waals surface area (Å²) in [5.41, 5.74) is 3.02. The Labute approximate surface area is 163 Å². The van der Waals surface area contributed by atoms with Crippen molar-refractivity contribution in [1.82, 2.24) is 20.0 Å². The molecule has 0 radical (unpaired) electrons. The minimum absolute atomic E-state index is 0.0601. The molecule has 1 aliphatic rings. The van der Waals surface area contributed by atoms with Crippen LogP contribution in [-0.2, 0) is 9.59 Å². The summed E-state index contributed by atoms with van der Waals surface area (Å²) in [7, 11) is 1.57. The van der Waals surface area contributed by atoms with Crippen LogP contribution in [0, 0.1) is 12.8 Å². The molecule has 1 aromatic heterocycles. The molecule has 1 saturated heterocycles. The van der Waals surface area contributed by atoms with Crippen molar-refractivity contribution in [2.75, 3.05) is 26.7 Å². The van der Waals surface area contributed by atoms with E-state index in [1.54, 1.807) is 18.0 Å². The highest BCUT2D eigenvalue weighted by molar-refractivity contribution is 5.95. The quantitative estimate of drug-likeness (QED) is 0.817. The zero-order valence-corrected chi connectivity index (χ0v) is 16.0. The second-order valence-electron chi connectivity index (χ2n) is 7.19. The molecule has 0 atom stereocenters. The Morgan fingerprint density at radius 1 is 1.21 bits per heavy atom. The molecule has 0 spiro atoms. The van der Waals surface area contributed by atoms with Gasteiger partial charge in [-0.25, -0.2) is 0 Å². The number of hydrogen-bond acceptors (Lipinski definition) is 4. The Morgan fingerprint density at radius 2 is 1.86 bits per heavy atom. The van der Waals surface area contributed by atoms with Crippen LogP contribution in [0.5, 0.6) is 0 Å².